The highest BCUT2D eigenvalue weighted by atomic mass is 16.5. The molecular weight excluding hydrogens is 398 g/mol. The average Bonchev–Trinajstić information content (AvgIpc) is 3.41. The molecule has 1 aliphatic carbocycles. The van der Waals surface area contributed by atoms with Gasteiger partial charge in [0.05, 0.1) is 18.7 Å². The fourth-order valence-corrected chi connectivity index (χ4v) is 3.96. The minimum atomic E-state index is -0.187. The van der Waals surface area contributed by atoms with Gasteiger partial charge in [-0.15, -0.1) is 0 Å². The van der Waals surface area contributed by atoms with E-state index in [4.69, 9.17) is 9.47 Å². The molecule has 1 unspecified atom stereocenters. The molecule has 0 amide bonds. The maximum Gasteiger partial charge on any atom is 0.290 e. The van der Waals surface area contributed by atoms with E-state index in [1.165, 1.54) is 4.68 Å². The number of nitrogens with zero attached hydrogens (tertiary/aromatic N) is 4. The van der Waals surface area contributed by atoms with Crippen molar-refractivity contribution in [3.8, 4) is 17.1 Å². The van der Waals surface area contributed by atoms with Crippen molar-refractivity contribution in [2.45, 2.75) is 25.4 Å². The first-order chi connectivity index (χ1) is 15.0. The number of aliphatic hydroxyl groups excluding tert-OH is 1. The van der Waals surface area contributed by atoms with Crippen molar-refractivity contribution in [3.63, 3.8) is 0 Å². The molecule has 3 heterocycles. The number of nitrogens with one attached hydrogen (secondary N) is 1. The Bertz CT molecular complexity index is 1170. The van der Waals surface area contributed by atoms with Gasteiger partial charge in [0, 0.05) is 38.0 Å². The lowest BCUT2D eigenvalue weighted by Crippen LogP contribution is -2.37. The predicted octanol–water partition coefficient (Wildman–Crippen LogP) is 1.70. The van der Waals surface area contributed by atoms with Crippen LogP contribution < -0.4 is 15.2 Å². The number of ether oxygens (including phenoxy) is 2. The fraction of sp³-hybridized carbons (Fsp3) is 0.500. The maximum absolute atomic E-state index is 12.9. The minimum Gasteiger partial charge on any atom is -0.488 e. The van der Waals surface area contributed by atoms with E-state index in [9.17, 15) is 9.90 Å². The van der Waals surface area contributed by atoms with Crippen molar-refractivity contribution in [3.05, 3.63) is 34.6 Å². The smallest absolute Gasteiger partial charge is 0.290 e. The summed E-state index contributed by atoms with van der Waals surface area (Å²) in [5, 5.41) is 22.5. The monoisotopic (exact) mass is 425 g/mol. The molecule has 1 atom stereocenters. The van der Waals surface area contributed by atoms with Crippen LogP contribution in [0.5, 0.6) is 5.75 Å². The molecule has 2 aliphatic rings. The average molecular weight is 425 g/mol. The third-order valence-corrected chi connectivity index (χ3v) is 6.08. The molecule has 2 fully saturated rings. The van der Waals surface area contributed by atoms with Crippen LogP contribution in [0.1, 0.15) is 19.8 Å². The first-order valence-electron chi connectivity index (χ1n) is 10.7. The van der Waals surface area contributed by atoms with Gasteiger partial charge in [-0.25, -0.2) is 4.68 Å². The van der Waals surface area contributed by atoms with Gasteiger partial charge in [-0.3, -0.25) is 9.89 Å². The summed E-state index contributed by atoms with van der Waals surface area (Å²) in [4.78, 5) is 14.9. The lowest BCUT2D eigenvalue weighted by atomic mass is 10.1. The van der Waals surface area contributed by atoms with Crippen LogP contribution >= 0.6 is 0 Å². The number of aromatic nitrogens is 4. The van der Waals surface area contributed by atoms with E-state index < -0.39 is 0 Å². The number of hydrogen-bond acceptors (Lipinski definition) is 7. The van der Waals surface area contributed by atoms with E-state index in [1.807, 2.05) is 23.1 Å². The van der Waals surface area contributed by atoms with E-state index in [2.05, 4.69) is 22.2 Å². The van der Waals surface area contributed by atoms with E-state index in [0.29, 0.717) is 43.4 Å². The first kappa shape index (κ1) is 20.0. The molecule has 0 radical (unpaired) electrons. The zero-order valence-electron chi connectivity index (χ0n) is 17.8. The van der Waals surface area contributed by atoms with E-state index in [0.717, 1.165) is 29.5 Å². The third-order valence-electron chi connectivity index (χ3n) is 6.08. The molecule has 1 aromatic carbocycles. The zero-order chi connectivity index (χ0) is 21.6. The van der Waals surface area contributed by atoms with Gasteiger partial charge in [-0.2, -0.15) is 10.2 Å². The number of fused-ring (bicyclic) bond motifs is 1. The zero-order valence-corrected chi connectivity index (χ0v) is 17.8. The highest BCUT2D eigenvalue weighted by Crippen LogP contribution is 2.40. The van der Waals surface area contributed by atoms with Gasteiger partial charge < -0.3 is 19.5 Å². The summed E-state index contributed by atoms with van der Waals surface area (Å²) in [5.74, 6) is 0.758. The minimum absolute atomic E-state index is 0.0143. The number of anilines is 1. The summed E-state index contributed by atoms with van der Waals surface area (Å²) in [6.45, 7) is 4.23. The molecule has 1 aliphatic heterocycles. The summed E-state index contributed by atoms with van der Waals surface area (Å²) in [7, 11) is 1.64. The molecular formula is C22H27N5O4. The Kier molecular flexibility index (Phi) is 4.94. The van der Waals surface area contributed by atoms with Crippen LogP contribution in [0.4, 0.5) is 5.69 Å². The second-order valence-electron chi connectivity index (χ2n) is 8.74. The Hall–Kier alpha value is -2.91. The van der Waals surface area contributed by atoms with Crippen molar-refractivity contribution >= 4 is 16.6 Å². The standard InChI is InChI=1S/C22H27N5O4/c1-22(5-6-22)31-15-3-4-17-16(9-15)20(24-23-17)18-10-19(21(29)26(2)25-18)27-7-8-30-13-14(11-27)12-28/h3-4,9-10,14,28H,5-8,11-13H2,1-2H3,(H,23,24). The Morgan fingerprint density at radius 2 is 2.19 bits per heavy atom. The van der Waals surface area contributed by atoms with Gasteiger partial charge in [0.15, 0.2) is 0 Å². The lowest BCUT2D eigenvalue weighted by Gasteiger charge is -2.24. The van der Waals surface area contributed by atoms with Crippen LogP contribution in [0.15, 0.2) is 29.1 Å². The van der Waals surface area contributed by atoms with Gasteiger partial charge in [0.25, 0.3) is 5.56 Å². The molecule has 5 rings (SSSR count). The Morgan fingerprint density at radius 3 is 2.97 bits per heavy atom. The highest BCUT2D eigenvalue weighted by molar-refractivity contribution is 5.93. The van der Waals surface area contributed by atoms with E-state index in [-0.39, 0.29) is 23.7 Å². The molecule has 2 N–H and O–H groups in total. The summed E-state index contributed by atoms with van der Waals surface area (Å²) in [5.41, 5.74) is 2.42. The summed E-state index contributed by atoms with van der Waals surface area (Å²) < 4.78 is 13.0. The molecule has 0 bridgehead atoms. The predicted molar refractivity (Wildman–Crippen MR) is 116 cm³/mol. The molecule has 9 nitrogen and oxygen atoms in total. The number of aliphatic hydroxyl groups is 1. The van der Waals surface area contributed by atoms with Crippen LogP contribution in [0.25, 0.3) is 22.3 Å². The molecule has 1 saturated carbocycles. The second kappa shape index (κ2) is 7.65. The molecule has 164 valence electrons. The van der Waals surface area contributed by atoms with Crippen LogP contribution in [-0.4, -0.2) is 63.6 Å². The molecule has 31 heavy (non-hydrogen) atoms. The highest BCUT2D eigenvalue weighted by Gasteiger charge is 2.40. The molecule has 2 aromatic heterocycles. The first-order valence-corrected chi connectivity index (χ1v) is 10.7. The van der Waals surface area contributed by atoms with Crippen LogP contribution in [0, 0.1) is 5.92 Å². The van der Waals surface area contributed by atoms with Crippen molar-refractivity contribution in [2.24, 2.45) is 13.0 Å². The van der Waals surface area contributed by atoms with E-state index >= 15 is 0 Å². The summed E-state index contributed by atoms with van der Waals surface area (Å²) in [6, 6.07) is 7.66. The number of aryl methyl sites for hydroxylation is 1. The number of rotatable bonds is 5. The summed E-state index contributed by atoms with van der Waals surface area (Å²) >= 11 is 0. The van der Waals surface area contributed by atoms with Crippen LogP contribution in [-0.2, 0) is 11.8 Å². The summed E-state index contributed by atoms with van der Waals surface area (Å²) in [6.07, 6.45) is 2.12. The number of aromatic amines is 1. The molecule has 9 heteroatoms. The number of H-pyrrole nitrogens is 1. The van der Waals surface area contributed by atoms with Gasteiger partial charge in [0.2, 0.25) is 0 Å². The van der Waals surface area contributed by atoms with Crippen LogP contribution in [0.2, 0.25) is 0 Å². The van der Waals surface area contributed by atoms with Gasteiger partial charge in [0.1, 0.15) is 28.4 Å². The van der Waals surface area contributed by atoms with Crippen LogP contribution in [0.3, 0.4) is 0 Å². The van der Waals surface area contributed by atoms with Gasteiger partial charge in [-0.1, -0.05) is 0 Å². The fourth-order valence-electron chi connectivity index (χ4n) is 3.96. The largest absolute Gasteiger partial charge is 0.488 e. The van der Waals surface area contributed by atoms with Crippen molar-refractivity contribution in [1.29, 1.82) is 0 Å². The number of benzene rings is 1. The Balaban J connectivity index is 1.55. The van der Waals surface area contributed by atoms with Crippen molar-refractivity contribution < 1.29 is 14.6 Å². The Labute approximate surface area is 179 Å². The second-order valence-corrected chi connectivity index (χ2v) is 8.74. The SMILES string of the molecule is Cn1nc(-c2n[nH]c3ccc(OC4(C)CC4)cc23)cc(N2CCOCC(CO)C2)c1=O. The third kappa shape index (κ3) is 3.90. The van der Waals surface area contributed by atoms with Gasteiger partial charge >= 0.3 is 0 Å². The van der Waals surface area contributed by atoms with Crippen molar-refractivity contribution in [2.75, 3.05) is 37.8 Å². The molecule has 1 saturated heterocycles. The van der Waals surface area contributed by atoms with Gasteiger partial charge in [-0.05, 0) is 44.0 Å². The molecule has 0 spiro atoms. The Morgan fingerprint density at radius 1 is 1.35 bits per heavy atom. The normalized spacial score (nSPS) is 20.6. The van der Waals surface area contributed by atoms with Crippen molar-refractivity contribution in [1.82, 2.24) is 20.0 Å². The lowest BCUT2D eigenvalue weighted by molar-refractivity contribution is 0.0959. The quantitative estimate of drug-likeness (QED) is 0.641. The topological polar surface area (TPSA) is 106 Å². The molecule has 3 aromatic rings. The maximum atomic E-state index is 12.9. The number of hydrogen-bond donors (Lipinski definition) is 2. The van der Waals surface area contributed by atoms with E-state index in [1.54, 1.807) is 13.1 Å².